The third-order valence-electron chi connectivity index (χ3n) is 1.79. The molecular formula is C7H13ClF3NO2S. The molecule has 0 fully saturated rings. The minimum absolute atomic E-state index is 0.219. The fourth-order valence-electron chi connectivity index (χ4n) is 0.916. The van der Waals surface area contributed by atoms with Crippen LogP contribution in [0.25, 0.3) is 0 Å². The molecule has 0 saturated heterocycles. The molecule has 15 heavy (non-hydrogen) atoms. The van der Waals surface area contributed by atoms with Crippen molar-refractivity contribution in [1.82, 2.24) is 4.31 Å². The Morgan fingerprint density at radius 1 is 1.40 bits per heavy atom. The maximum Gasteiger partial charge on any atom is 0.402 e. The number of halogens is 4. The summed E-state index contributed by atoms with van der Waals surface area (Å²) in [6.07, 6.45) is -4.53. The molecular weight excluding hydrogens is 255 g/mol. The lowest BCUT2D eigenvalue weighted by Gasteiger charge is -2.24. The molecule has 0 aliphatic carbocycles. The summed E-state index contributed by atoms with van der Waals surface area (Å²) in [6.45, 7) is 0.946. The van der Waals surface area contributed by atoms with E-state index in [-0.39, 0.29) is 12.4 Å². The molecule has 0 aromatic heterocycles. The van der Waals surface area contributed by atoms with Gasteiger partial charge in [0.15, 0.2) is 0 Å². The highest BCUT2D eigenvalue weighted by molar-refractivity contribution is 7.89. The predicted molar refractivity (Wildman–Crippen MR) is 52.4 cm³/mol. The molecule has 0 radical (unpaired) electrons. The first-order valence-electron chi connectivity index (χ1n) is 4.26. The summed E-state index contributed by atoms with van der Waals surface area (Å²) in [5.74, 6) is -0.226. The van der Waals surface area contributed by atoms with E-state index in [0.717, 1.165) is 0 Å². The molecule has 0 amide bonds. The second-order valence-corrected chi connectivity index (χ2v) is 5.71. The molecule has 0 bridgehead atoms. The Morgan fingerprint density at radius 2 is 1.87 bits per heavy atom. The first-order valence-corrected chi connectivity index (χ1v) is 6.30. The highest BCUT2D eigenvalue weighted by Gasteiger charge is 2.37. The van der Waals surface area contributed by atoms with Gasteiger partial charge in [0, 0.05) is 12.4 Å². The average Bonchev–Trinajstić information content (AvgIpc) is 2.10. The van der Waals surface area contributed by atoms with Crippen LogP contribution in [0.1, 0.15) is 13.8 Å². The zero-order valence-electron chi connectivity index (χ0n) is 8.38. The number of hydrogen-bond acceptors (Lipinski definition) is 2. The van der Waals surface area contributed by atoms with Crippen LogP contribution in [0.15, 0.2) is 0 Å². The lowest BCUT2D eigenvalue weighted by atomic mass is 10.6. The molecule has 0 aromatic carbocycles. The van der Waals surface area contributed by atoms with Crippen LogP contribution in [-0.4, -0.2) is 43.1 Å². The van der Waals surface area contributed by atoms with Crippen LogP contribution in [-0.2, 0) is 10.0 Å². The summed E-state index contributed by atoms with van der Waals surface area (Å²) in [5.41, 5.74) is 0. The number of alkyl halides is 4. The van der Waals surface area contributed by atoms with E-state index in [0.29, 0.717) is 4.31 Å². The van der Waals surface area contributed by atoms with Gasteiger partial charge in [-0.15, -0.1) is 11.6 Å². The number of rotatable bonds is 5. The van der Waals surface area contributed by atoms with Gasteiger partial charge in [-0.05, 0) is 6.92 Å². The maximum atomic E-state index is 12.1. The summed E-state index contributed by atoms with van der Waals surface area (Å²) in [5, 5.41) is -1.01. The summed E-state index contributed by atoms with van der Waals surface area (Å²) in [7, 11) is -3.95. The van der Waals surface area contributed by atoms with Gasteiger partial charge in [0.05, 0.1) is 5.25 Å². The van der Waals surface area contributed by atoms with Gasteiger partial charge in [0.1, 0.15) is 6.54 Å². The molecule has 0 saturated carbocycles. The Labute approximate surface area is 92.2 Å². The van der Waals surface area contributed by atoms with Crippen LogP contribution >= 0.6 is 11.6 Å². The number of sulfonamides is 1. The fraction of sp³-hybridized carbons (Fsp3) is 1.00. The van der Waals surface area contributed by atoms with Crippen molar-refractivity contribution in [2.24, 2.45) is 0 Å². The van der Waals surface area contributed by atoms with Crippen molar-refractivity contribution in [2.45, 2.75) is 25.3 Å². The van der Waals surface area contributed by atoms with Crippen LogP contribution in [0.3, 0.4) is 0 Å². The Balaban J connectivity index is 4.83. The third kappa shape index (κ3) is 4.56. The summed E-state index contributed by atoms with van der Waals surface area (Å²) in [6, 6.07) is 0. The van der Waals surface area contributed by atoms with Gasteiger partial charge in [0.2, 0.25) is 10.0 Å². The van der Waals surface area contributed by atoms with Crippen LogP contribution in [0.4, 0.5) is 13.2 Å². The monoisotopic (exact) mass is 267 g/mol. The Hall–Kier alpha value is -0.0100. The van der Waals surface area contributed by atoms with Gasteiger partial charge in [-0.25, -0.2) is 8.42 Å². The van der Waals surface area contributed by atoms with E-state index in [1.54, 1.807) is 0 Å². The first kappa shape index (κ1) is 15.0. The van der Waals surface area contributed by atoms with Gasteiger partial charge in [-0.3, -0.25) is 0 Å². The molecule has 0 heterocycles. The first-order chi connectivity index (χ1) is 6.65. The maximum absolute atomic E-state index is 12.1. The molecule has 0 aliphatic rings. The molecule has 8 heteroatoms. The van der Waals surface area contributed by atoms with Gasteiger partial charge in [-0.2, -0.15) is 17.5 Å². The molecule has 0 aliphatic heterocycles. The number of hydrogen-bond donors (Lipinski definition) is 0. The van der Waals surface area contributed by atoms with Gasteiger partial charge in [0.25, 0.3) is 0 Å². The van der Waals surface area contributed by atoms with Crippen molar-refractivity contribution >= 4 is 21.6 Å². The van der Waals surface area contributed by atoms with E-state index in [1.165, 1.54) is 13.8 Å². The largest absolute Gasteiger partial charge is 0.402 e. The molecule has 1 atom stereocenters. The van der Waals surface area contributed by atoms with Crippen molar-refractivity contribution < 1.29 is 21.6 Å². The van der Waals surface area contributed by atoms with E-state index in [9.17, 15) is 21.6 Å². The SMILES string of the molecule is CCN(CC(F)(F)F)S(=O)(=O)C(C)CCl. The second kappa shape index (κ2) is 5.36. The van der Waals surface area contributed by atoms with Crippen LogP contribution < -0.4 is 0 Å². The molecule has 0 rings (SSSR count). The minimum atomic E-state index is -4.53. The predicted octanol–water partition coefficient (Wildman–Crippen LogP) is 1.83. The molecule has 0 aromatic rings. The van der Waals surface area contributed by atoms with Crippen LogP contribution in [0.5, 0.6) is 0 Å². The molecule has 0 N–H and O–H groups in total. The van der Waals surface area contributed by atoms with Crippen molar-refractivity contribution in [2.75, 3.05) is 19.0 Å². The van der Waals surface area contributed by atoms with Crippen molar-refractivity contribution in [3.05, 3.63) is 0 Å². The summed E-state index contributed by atoms with van der Waals surface area (Å²) >= 11 is 5.32. The smallest absolute Gasteiger partial charge is 0.212 e. The fourth-order valence-corrected chi connectivity index (χ4v) is 2.75. The van der Waals surface area contributed by atoms with E-state index >= 15 is 0 Å². The zero-order valence-corrected chi connectivity index (χ0v) is 9.95. The molecule has 1 unspecified atom stereocenters. The van der Waals surface area contributed by atoms with Gasteiger partial charge < -0.3 is 0 Å². The van der Waals surface area contributed by atoms with Crippen molar-refractivity contribution in [3.63, 3.8) is 0 Å². The van der Waals surface area contributed by atoms with Crippen molar-refractivity contribution in [1.29, 1.82) is 0 Å². The van der Waals surface area contributed by atoms with Crippen LogP contribution in [0, 0.1) is 0 Å². The van der Waals surface area contributed by atoms with Crippen molar-refractivity contribution in [3.8, 4) is 0 Å². The zero-order chi connectivity index (χ0) is 12.3. The van der Waals surface area contributed by atoms with E-state index in [2.05, 4.69) is 0 Å². The number of nitrogens with zero attached hydrogens (tertiary/aromatic N) is 1. The third-order valence-corrected chi connectivity index (χ3v) is 4.73. The molecule has 3 nitrogen and oxygen atoms in total. The second-order valence-electron chi connectivity index (χ2n) is 3.05. The van der Waals surface area contributed by atoms with Gasteiger partial charge in [-0.1, -0.05) is 6.92 Å². The Morgan fingerprint density at radius 3 is 2.13 bits per heavy atom. The minimum Gasteiger partial charge on any atom is -0.212 e. The molecule has 92 valence electrons. The standard InChI is InChI=1S/C7H13ClF3NO2S/c1-3-12(5-7(9,10)11)15(13,14)6(2)4-8/h6H,3-5H2,1-2H3. The van der Waals surface area contributed by atoms with E-state index < -0.39 is 28.0 Å². The Kier molecular flexibility index (Phi) is 5.35. The summed E-state index contributed by atoms with van der Waals surface area (Å²) < 4.78 is 59.6. The van der Waals surface area contributed by atoms with E-state index in [4.69, 9.17) is 11.6 Å². The average molecular weight is 268 g/mol. The topological polar surface area (TPSA) is 37.4 Å². The summed E-state index contributed by atoms with van der Waals surface area (Å²) in [4.78, 5) is 0. The van der Waals surface area contributed by atoms with E-state index in [1.807, 2.05) is 0 Å². The normalized spacial score (nSPS) is 15.7. The molecule has 0 spiro atoms. The van der Waals surface area contributed by atoms with Gasteiger partial charge >= 0.3 is 6.18 Å². The lowest BCUT2D eigenvalue weighted by Crippen LogP contribution is -2.43. The Bertz CT molecular complexity index is 291. The highest BCUT2D eigenvalue weighted by atomic mass is 35.5. The lowest BCUT2D eigenvalue weighted by molar-refractivity contribution is -0.135. The van der Waals surface area contributed by atoms with Crippen LogP contribution in [0.2, 0.25) is 0 Å². The highest BCUT2D eigenvalue weighted by Crippen LogP contribution is 2.20. The quantitative estimate of drug-likeness (QED) is 0.713.